The average Bonchev–Trinajstić information content (AvgIpc) is 2.72. The first-order valence-electron chi connectivity index (χ1n) is 4.98. The molecule has 0 amide bonds. The van der Waals surface area contributed by atoms with Crippen molar-refractivity contribution in [3.05, 3.63) is 34.2 Å². The Labute approximate surface area is 101 Å². The number of hydrogen-bond acceptors (Lipinski definition) is 8. The van der Waals surface area contributed by atoms with Gasteiger partial charge >= 0.3 is 5.69 Å². The van der Waals surface area contributed by atoms with Gasteiger partial charge in [0.2, 0.25) is 17.7 Å². The predicted molar refractivity (Wildman–Crippen MR) is 61.7 cm³/mol. The third-order valence-electron chi connectivity index (χ3n) is 2.06. The minimum atomic E-state index is -0.595. The summed E-state index contributed by atoms with van der Waals surface area (Å²) in [5.41, 5.74) is 5.12. The lowest BCUT2D eigenvalue weighted by Gasteiger charge is -2.03. The van der Waals surface area contributed by atoms with E-state index in [0.29, 0.717) is 11.7 Å². The van der Waals surface area contributed by atoms with Crippen LogP contribution in [0.4, 0.5) is 17.5 Å². The SMILES string of the molecule is Cc1cnc(CNc2nc(N)ncc2[N+](=O)[O-])o1. The summed E-state index contributed by atoms with van der Waals surface area (Å²) in [7, 11) is 0. The van der Waals surface area contributed by atoms with E-state index < -0.39 is 4.92 Å². The van der Waals surface area contributed by atoms with E-state index in [4.69, 9.17) is 10.2 Å². The van der Waals surface area contributed by atoms with Gasteiger partial charge in [-0.05, 0) is 6.92 Å². The van der Waals surface area contributed by atoms with Gasteiger partial charge in [0.1, 0.15) is 12.0 Å². The van der Waals surface area contributed by atoms with Crippen LogP contribution < -0.4 is 11.1 Å². The molecule has 0 aliphatic rings. The van der Waals surface area contributed by atoms with Crippen LogP contribution in [0.5, 0.6) is 0 Å². The fourth-order valence-electron chi connectivity index (χ4n) is 1.30. The zero-order valence-electron chi connectivity index (χ0n) is 9.45. The maximum atomic E-state index is 10.8. The molecule has 0 saturated carbocycles. The second-order valence-corrected chi connectivity index (χ2v) is 3.44. The Balaban J connectivity index is 2.17. The smallest absolute Gasteiger partial charge is 0.329 e. The van der Waals surface area contributed by atoms with Crippen LogP contribution >= 0.6 is 0 Å². The topological polar surface area (TPSA) is 133 Å². The lowest BCUT2D eigenvalue weighted by molar-refractivity contribution is -0.384. The summed E-state index contributed by atoms with van der Waals surface area (Å²) >= 11 is 0. The number of nitro groups is 1. The molecule has 0 aromatic carbocycles. The van der Waals surface area contributed by atoms with Crippen molar-refractivity contribution in [1.82, 2.24) is 15.0 Å². The number of nitrogens with one attached hydrogen (secondary N) is 1. The highest BCUT2D eigenvalue weighted by molar-refractivity contribution is 5.56. The Morgan fingerprint density at radius 2 is 2.28 bits per heavy atom. The fraction of sp³-hybridized carbons (Fsp3) is 0.222. The van der Waals surface area contributed by atoms with Crippen molar-refractivity contribution in [1.29, 1.82) is 0 Å². The summed E-state index contributed by atoms with van der Waals surface area (Å²) in [6.07, 6.45) is 2.60. The number of nitrogen functional groups attached to an aromatic ring is 1. The van der Waals surface area contributed by atoms with Gasteiger partial charge in [-0.25, -0.2) is 9.97 Å². The van der Waals surface area contributed by atoms with Crippen molar-refractivity contribution in [2.75, 3.05) is 11.1 Å². The summed E-state index contributed by atoms with van der Waals surface area (Å²) in [5, 5.41) is 13.5. The first-order chi connectivity index (χ1) is 8.56. The van der Waals surface area contributed by atoms with Crippen molar-refractivity contribution >= 4 is 17.5 Å². The Kier molecular flexibility index (Phi) is 3.04. The lowest BCUT2D eigenvalue weighted by Crippen LogP contribution is -2.07. The first kappa shape index (κ1) is 11.8. The van der Waals surface area contributed by atoms with E-state index in [9.17, 15) is 10.1 Å². The number of oxazole rings is 1. The lowest BCUT2D eigenvalue weighted by atomic mass is 10.4. The maximum Gasteiger partial charge on any atom is 0.329 e. The predicted octanol–water partition coefficient (Wildman–Crippen LogP) is 0.876. The molecule has 0 atom stereocenters. The number of nitrogens with two attached hydrogens (primary N) is 1. The van der Waals surface area contributed by atoms with Crippen molar-refractivity contribution < 1.29 is 9.34 Å². The minimum absolute atomic E-state index is 0.0309. The molecule has 2 aromatic rings. The van der Waals surface area contributed by atoms with Crippen molar-refractivity contribution in [3.63, 3.8) is 0 Å². The van der Waals surface area contributed by atoms with Crippen LogP contribution in [0.25, 0.3) is 0 Å². The molecule has 94 valence electrons. The molecule has 0 spiro atoms. The molecule has 9 nitrogen and oxygen atoms in total. The molecular weight excluding hydrogens is 240 g/mol. The fourth-order valence-corrected chi connectivity index (χ4v) is 1.30. The Morgan fingerprint density at radius 3 is 2.89 bits per heavy atom. The second kappa shape index (κ2) is 4.65. The van der Waals surface area contributed by atoms with E-state index in [1.165, 1.54) is 0 Å². The number of aryl methyl sites for hydroxylation is 1. The van der Waals surface area contributed by atoms with Crippen LogP contribution in [0, 0.1) is 17.0 Å². The zero-order valence-corrected chi connectivity index (χ0v) is 9.45. The van der Waals surface area contributed by atoms with Gasteiger partial charge in [0.05, 0.1) is 17.7 Å². The molecule has 0 aliphatic heterocycles. The largest absolute Gasteiger partial charge is 0.444 e. The highest BCUT2D eigenvalue weighted by atomic mass is 16.6. The van der Waals surface area contributed by atoms with E-state index >= 15 is 0 Å². The minimum Gasteiger partial charge on any atom is -0.444 e. The van der Waals surface area contributed by atoms with Crippen LogP contribution in [0.3, 0.4) is 0 Å². The van der Waals surface area contributed by atoms with Gasteiger partial charge in [0.15, 0.2) is 0 Å². The number of anilines is 2. The number of nitrogens with zero attached hydrogens (tertiary/aromatic N) is 4. The summed E-state index contributed by atoms with van der Waals surface area (Å²) < 4.78 is 5.22. The molecule has 0 saturated heterocycles. The first-order valence-corrected chi connectivity index (χ1v) is 4.98. The molecule has 0 unspecified atom stereocenters. The number of aromatic nitrogens is 3. The van der Waals surface area contributed by atoms with Crippen LogP contribution in [0.2, 0.25) is 0 Å². The number of hydrogen-bond donors (Lipinski definition) is 2. The van der Waals surface area contributed by atoms with Gasteiger partial charge < -0.3 is 15.5 Å². The molecule has 0 fully saturated rings. The third-order valence-corrected chi connectivity index (χ3v) is 2.06. The molecule has 2 aromatic heterocycles. The Hall–Kier alpha value is -2.71. The second-order valence-electron chi connectivity index (χ2n) is 3.44. The standard InChI is InChI=1S/C9H10N6O3/c1-5-2-11-7(18-5)4-12-8-6(15(16)17)3-13-9(10)14-8/h2-3H,4H2,1H3,(H3,10,12,13,14). The van der Waals surface area contributed by atoms with Crippen molar-refractivity contribution in [3.8, 4) is 0 Å². The van der Waals surface area contributed by atoms with Gasteiger partial charge in [-0.2, -0.15) is 4.98 Å². The van der Waals surface area contributed by atoms with Crippen LogP contribution in [-0.2, 0) is 6.54 Å². The summed E-state index contributed by atoms with van der Waals surface area (Å²) in [6.45, 7) is 1.92. The van der Waals surface area contributed by atoms with E-state index in [1.807, 2.05) is 0 Å². The summed E-state index contributed by atoms with van der Waals surface area (Å²) in [6, 6.07) is 0. The molecule has 2 heterocycles. The molecule has 0 aliphatic carbocycles. The molecule has 0 bridgehead atoms. The van der Waals surface area contributed by atoms with Crippen LogP contribution in [-0.4, -0.2) is 19.9 Å². The Bertz CT molecular complexity index is 581. The summed E-state index contributed by atoms with van der Waals surface area (Å²) in [5.74, 6) is 1.04. The molecule has 3 N–H and O–H groups in total. The normalized spacial score (nSPS) is 10.3. The third kappa shape index (κ3) is 2.51. The van der Waals surface area contributed by atoms with Gasteiger partial charge in [-0.1, -0.05) is 0 Å². The Morgan fingerprint density at radius 1 is 1.50 bits per heavy atom. The van der Waals surface area contributed by atoms with Crippen LogP contribution in [0.1, 0.15) is 11.7 Å². The summed E-state index contributed by atoms with van der Waals surface area (Å²) in [4.78, 5) is 21.4. The molecule has 2 rings (SSSR count). The van der Waals surface area contributed by atoms with Crippen molar-refractivity contribution in [2.45, 2.75) is 13.5 Å². The van der Waals surface area contributed by atoms with Crippen molar-refractivity contribution in [2.24, 2.45) is 0 Å². The van der Waals surface area contributed by atoms with E-state index in [1.54, 1.807) is 13.1 Å². The monoisotopic (exact) mass is 250 g/mol. The number of rotatable bonds is 4. The zero-order chi connectivity index (χ0) is 13.1. The van der Waals surface area contributed by atoms with Gasteiger partial charge in [-0.15, -0.1) is 0 Å². The molecule has 18 heavy (non-hydrogen) atoms. The van der Waals surface area contributed by atoms with Crippen LogP contribution in [0.15, 0.2) is 16.8 Å². The van der Waals surface area contributed by atoms with E-state index in [2.05, 4.69) is 20.3 Å². The molecular formula is C9H10N6O3. The highest BCUT2D eigenvalue weighted by Gasteiger charge is 2.16. The maximum absolute atomic E-state index is 10.8. The van der Waals surface area contributed by atoms with E-state index in [-0.39, 0.29) is 24.0 Å². The average molecular weight is 250 g/mol. The van der Waals surface area contributed by atoms with Gasteiger partial charge in [0, 0.05) is 0 Å². The highest BCUT2D eigenvalue weighted by Crippen LogP contribution is 2.21. The van der Waals surface area contributed by atoms with Gasteiger partial charge in [-0.3, -0.25) is 10.1 Å². The van der Waals surface area contributed by atoms with Gasteiger partial charge in [0.25, 0.3) is 0 Å². The quantitative estimate of drug-likeness (QED) is 0.603. The molecule has 9 heteroatoms. The molecule has 0 radical (unpaired) electrons. The van der Waals surface area contributed by atoms with E-state index in [0.717, 1.165) is 6.20 Å².